The molecule has 1 unspecified atom stereocenters. The van der Waals surface area contributed by atoms with Crippen molar-refractivity contribution in [1.82, 2.24) is 15.2 Å². The Morgan fingerprint density at radius 3 is 2.65 bits per heavy atom. The van der Waals surface area contributed by atoms with Crippen LogP contribution >= 0.6 is 24.8 Å². The Morgan fingerprint density at radius 2 is 2.00 bits per heavy atom. The van der Waals surface area contributed by atoms with Crippen LogP contribution in [0.15, 0.2) is 18.3 Å². The van der Waals surface area contributed by atoms with Crippen LogP contribution in [0.3, 0.4) is 0 Å². The average molecular weight is 403 g/mol. The lowest BCUT2D eigenvalue weighted by Gasteiger charge is -2.32. The molecule has 1 aliphatic heterocycles. The molecule has 3 rings (SSSR count). The highest BCUT2D eigenvalue weighted by atomic mass is 35.5. The Morgan fingerprint density at radius 1 is 1.23 bits per heavy atom. The van der Waals surface area contributed by atoms with E-state index >= 15 is 0 Å². The number of amides is 2. The van der Waals surface area contributed by atoms with Crippen molar-refractivity contribution in [3.63, 3.8) is 0 Å². The third-order valence-electron chi connectivity index (χ3n) is 4.71. The fourth-order valence-electron chi connectivity index (χ4n) is 3.00. The third kappa shape index (κ3) is 6.74. The molecule has 1 aliphatic carbocycles. The number of rotatable bonds is 6. The van der Waals surface area contributed by atoms with Crippen LogP contribution in [0.4, 0.5) is 5.82 Å². The van der Waals surface area contributed by atoms with Gasteiger partial charge in [0.05, 0.1) is 12.5 Å². The largest absolute Gasteiger partial charge is 0.341 e. The maximum atomic E-state index is 12.4. The van der Waals surface area contributed by atoms with E-state index in [0.29, 0.717) is 18.9 Å². The summed E-state index contributed by atoms with van der Waals surface area (Å²) in [5.74, 6) is 1.23. The van der Waals surface area contributed by atoms with Gasteiger partial charge < -0.3 is 15.5 Å². The number of aromatic nitrogens is 1. The number of aryl methyl sites for hydroxylation is 1. The molecule has 8 heteroatoms. The molecular formula is C18H28Cl2N4O2. The average Bonchev–Trinajstić information content (AvgIpc) is 3.41. The van der Waals surface area contributed by atoms with E-state index in [0.717, 1.165) is 37.4 Å². The SMILES string of the molecule is Cc1ccc(NC(=O)C2CCCN(C(=O)CNCC3CC3)C2)nc1.Cl.Cl. The molecule has 6 nitrogen and oxygen atoms in total. The minimum absolute atomic E-state index is 0. The van der Waals surface area contributed by atoms with Crippen molar-refractivity contribution in [2.24, 2.45) is 11.8 Å². The predicted molar refractivity (Wildman–Crippen MR) is 107 cm³/mol. The second-order valence-corrected chi connectivity index (χ2v) is 6.96. The molecule has 2 fully saturated rings. The van der Waals surface area contributed by atoms with Crippen LogP contribution in [0, 0.1) is 18.8 Å². The van der Waals surface area contributed by atoms with E-state index in [2.05, 4.69) is 15.6 Å². The minimum atomic E-state index is -0.158. The summed E-state index contributed by atoms with van der Waals surface area (Å²) in [6.45, 7) is 4.52. The van der Waals surface area contributed by atoms with Gasteiger partial charge in [-0.15, -0.1) is 24.8 Å². The van der Waals surface area contributed by atoms with Crippen LogP contribution in [0.1, 0.15) is 31.2 Å². The number of likely N-dealkylation sites (tertiary alicyclic amines) is 1. The van der Waals surface area contributed by atoms with E-state index in [1.54, 1.807) is 12.3 Å². The van der Waals surface area contributed by atoms with Gasteiger partial charge in [0.15, 0.2) is 0 Å². The van der Waals surface area contributed by atoms with Gasteiger partial charge in [-0.3, -0.25) is 9.59 Å². The van der Waals surface area contributed by atoms with Gasteiger partial charge in [0.1, 0.15) is 5.82 Å². The number of nitrogens with zero attached hydrogens (tertiary/aromatic N) is 2. The fourth-order valence-corrected chi connectivity index (χ4v) is 3.00. The predicted octanol–water partition coefficient (Wildman–Crippen LogP) is 2.41. The van der Waals surface area contributed by atoms with Crippen LogP contribution in [0.2, 0.25) is 0 Å². The molecular weight excluding hydrogens is 375 g/mol. The summed E-state index contributed by atoms with van der Waals surface area (Å²) < 4.78 is 0. The van der Waals surface area contributed by atoms with E-state index < -0.39 is 0 Å². The molecule has 2 N–H and O–H groups in total. The highest BCUT2D eigenvalue weighted by Crippen LogP contribution is 2.27. The third-order valence-corrected chi connectivity index (χ3v) is 4.71. The van der Waals surface area contributed by atoms with Gasteiger partial charge in [0.2, 0.25) is 11.8 Å². The second kappa shape index (κ2) is 10.7. The minimum Gasteiger partial charge on any atom is -0.341 e. The normalized spacial score (nSPS) is 19.1. The first kappa shape index (κ1) is 22.7. The first-order chi connectivity index (χ1) is 11.6. The van der Waals surface area contributed by atoms with E-state index in [1.165, 1.54) is 12.8 Å². The lowest BCUT2D eigenvalue weighted by atomic mass is 9.97. The number of piperidine rings is 1. The van der Waals surface area contributed by atoms with Gasteiger partial charge in [-0.1, -0.05) is 6.07 Å². The second-order valence-electron chi connectivity index (χ2n) is 6.96. The summed E-state index contributed by atoms with van der Waals surface area (Å²) in [6.07, 6.45) is 5.98. The number of pyridine rings is 1. The Labute approximate surface area is 167 Å². The summed E-state index contributed by atoms with van der Waals surface area (Å²) in [5.41, 5.74) is 1.06. The molecule has 1 aromatic rings. The van der Waals surface area contributed by atoms with Crippen molar-refractivity contribution in [2.45, 2.75) is 32.6 Å². The molecule has 1 saturated heterocycles. The van der Waals surface area contributed by atoms with Gasteiger partial charge in [0, 0.05) is 19.3 Å². The summed E-state index contributed by atoms with van der Waals surface area (Å²) in [7, 11) is 0. The number of nitrogens with one attached hydrogen (secondary N) is 2. The smallest absolute Gasteiger partial charge is 0.236 e. The van der Waals surface area contributed by atoms with Crippen LogP contribution in [0.25, 0.3) is 0 Å². The van der Waals surface area contributed by atoms with Crippen LogP contribution in [0.5, 0.6) is 0 Å². The lowest BCUT2D eigenvalue weighted by Crippen LogP contribution is -2.46. The maximum Gasteiger partial charge on any atom is 0.236 e. The Hall–Kier alpha value is -1.37. The van der Waals surface area contributed by atoms with E-state index in [9.17, 15) is 9.59 Å². The summed E-state index contributed by atoms with van der Waals surface area (Å²) >= 11 is 0. The standard InChI is InChI=1S/C18H26N4O2.2ClH/c1-13-4-7-16(20-9-13)21-18(24)15-3-2-8-22(12-15)17(23)11-19-10-14-5-6-14;;/h4,7,9,14-15,19H,2-3,5-6,8,10-12H2,1H3,(H,20,21,24);2*1H. The molecule has 2 heterocycles. The van der Waals surface area contributed by atoms with Crippen LogP contribution < -0.4 is 10.6 Å². The number of halogens is 2. The molecule has 0 radical (unpaired) electrons. The summed E-state index contributed by atoms with van der Waals surface area (Å²) in [5, 5.41) is 6.09. The monoisotopic (exact) mass is 402 g/mol. The molecule has 2 amide bonds. The zero-order valence-corrected chi connectivity index (χ0v) is 16.7. The first-order valence-corrected chi connectivity index (χ1v) is 8.84. The number of hydrogen-bond acceptors (Lipinski definition) is 4. The fraction of sp³-hybridized carbons (Fsp3) is 0.611. The molecule has 0 aromatic carbocycles. The quantitative estimate of drug-likeness (QED) is 0.765. The Kier molecular flexibility index (Phi) is 9.33. The highest BCUT2D eigenvalue weighted by molar-refractivity contribution is 5.92. The van der Waals surface area contributed by atoms with Crippen molar-refractivity contribution in [3.8, 4) is 0 Å². The molecule has 146 valence electrons. The number of carbonyl (C=O) groups excluding carboxylic acids is 2. The van der Waals surface area contributed by atoms with E-state index in [-0.39, 0.29) is 42.5 Å². The van der Waals surface area contributed by atoms with Crippen molar-refractivity contribution >= 4 is 42.4 Å². The van der Waals surface area contributed by atoms with Crippen molar-refractivity contribution in [2.75, 3.05) is 31.5 Å². The molecule has 2 aliphatic rings. The van der Waals surface area contributed by atoms with Gasteiger partial charge in [-0.2, -0.15) is 0 Å². The van der Waals surface area contributed by atoms with Crippen LogP contribution in [-0.4, -0.2) is 47.9 Å². The van der Waals surface area contributed by atoms with Crippen LogP contribution in [-0.2, 0) is 9.59 Å². The number of carbonyl (C=O) groups is 2. The zero-order chi connectivity index (χ0) is 16.9. The van der Waals surface area contributed by atoms with Crippen molar-refractivity contribution in [1.29, 1.82) is 0 Å². The Bertz CT molecular complexity index is 593. The molecule has 0 bridgehead atoms. The zero-order valence-electron chi connectivity index (χ0n) is 15.1. The van der Waals surface area contributed by atoms with E-state index in [4.69, 9.17) is 0 Å². The first-order valence-electron chi connectivity index (χ1n) is 8.84. The van der Waals surface area contributed by atoms with Gasteiger partial charge >= 0.3 is 0 Å². The van der Waals surface area contributed by atoms with E-state index in [1.807, 2.05) is 17.9 Å². The van der Waals surface area contributed by atoms with Gasteiger partial charge in [-0.05, 0) is 56.7 Å². The number of anilines is 1. The topological polar surface area (TPSA) is 74.3 Å². The number of hydrogen-bond donors (Lipinski definition) is 2. The highest BCUT2D eigenvalue weighted by Gasteiger charge is 2.29. The summed E-state index contributed by atoms with van der Waals surface area (Å²) in [6, 6.07) is 3.73. The van der Waals surface area contributed by atoms with Gasteiger partial charge in [0.25, 0.3) is 0 Å². The molecule has 26 heavy (non-hydrogen) atoms. The molecule has 0 spiro atoms. The molecule has 1 atom stereocenters. The molecule has 1 saturated carbocycles. The lowest BCUT2D eigenvalue weighted by molar-refractivity contribution is -0.133. The van der Waals surface area contributed by atoms with Gasteiger partial charge in [-0.25, -0.2) is 4.98 Å². The van der Waals surface area contributed by atoms with Crippen molar-refractivity contribution < 1.29 is 9.59 Å². The van der Waals surface area contributed by atoms with Crippen molar-refractivity contribution in [3.05, 3.63) is 23.9 Å². The maximum absolute atomic E-state index is 12.4. The summed E-state index contributed by atoms with van der Waals surface area (Å²) in [4.78, 5) is 30.7. The molecule has 1 aromatic heterocycles. The Balaban J connectivity index is 0.00000169.